The molecule has 0 amide bonds. The van der Waals surface area contributed by atoms with Crippen LogP contribution in [0.3, 0.4) is 0 Å². The van der Waals surface area contributed by atoms with Crippen LogP contribution in [-0.2, 0) is 0 Å². The van der Waals surface area contributed by atoms with Crippen molar-refractivity contribution in [3.05, 3.63) is 29.3 Å². The molecule has 1 aliphatic rings. The number of hydrogen-bond donors (Lipinski definition) is 1. The minimum atomic E-state index is 0.146. The molecule has 0 heterocycles. The summed E-state index contributed by atoms with van der Waals surface area (Å²) in [5.41, 5.74) is 8.86. The van der Waals surface area contributed by atoms with Crippen LogP contribution in [0.5, 0.6) is 5.75 Å². The van der Waals surface area contributed by atoms with Gasteiger partial charge in [-0.1, -0.05) is 39.8 Å². The molecule has 0 spiro atoms. The van der Waals surface area contributed by atoms with Gasteiger partial charge in [-0.3, -0.25) is 0 Å². The summed E-state index contributed by atoms with van der Waals surface area (Å²) in [5.74, 6) is 2.77. The lowest BCUT2D eigenvalue weighted by Gasteiger charge is -2.38. The fraction of sp³-hybridized carbons (Fsp3) is 0.667. The zero-order valence-corrected chi connectivity index (χ0v) is 13.5. The van der Waals surface area contributed by atoms with E-state index in [1.807, 2.05) is 0 Å². The zero-order chi connectivity index (χ0) is 14.9. The largest absolute Gasteiger partial charge is 0.488 e. The van der Waals surface area contributed by atoms with Crippen LogP contribution in [0.2, 0.25) is 0 Å². The fourth-order valence-corrected chi connectivity index (χ4v) is 3.34. The lowest BCUT2D eigenvalue weighted by Crippen LogP contribution is -2.48. The summed E-state index contributed by atoms with van der Waals surface area (Å²) in [6.07, 6.45) is 2.42. The van der Waals surface area contributed by atoms with E-state index in [9.17, 15) is 0 Å². The first kappa shape index (κ1) is 15.4. The Hall–Kier alpha value is -1.02. The van der Waals surface area contributed by atoms with Gasteiger partial charge >= 0.3 is 0 Å². The number of nitrogens with two attached hydrogens (primary N) is 1. The summed E-state index contributed by atoms with van der Waals surface area (Å²) in [6.45, 7) is 11.1. The predicted molar refractivity (Wildman–Crippen MR) is 85.2 cm³/mol. The van der Waals surface area contributed by atoms with Crippen LogP contribution in [0.4, 0.5) is 0 Å². The Balaban J connectivity index is 2.18. The molecule has 0 radical (unpaired) electrons. The molecule has 0 aromatic heterocycles. The van der Waals surface area contributed by atoms with E-state index in [4.69, 9.17) is 10.5 Å². The number of rotatable bonds is 3. The highest BCUT2D eigenvalue weighted by Crippen LogP contribution is 2.33. The van der Waals surface area contributed by atoms with E-state index in [1.165, 1.54) is 17.5 Å². The van der Waals surface area contributed by atoms with Crippen LogP contribution >= 0.6 is 0 Å². The molecule has 2 heteroatoms. The van der Waals surface area contributed by atoms with Crippen LogP contribution in [0.15, 0.2) is 18.2 Å². The molecule has 2 rings (SSSR count). The Kier molecular flexibility index (Phi) is 4.74. The van der Waals surface area contributed by atoms with Crippen LogP contribution < -0.4 is 10.5 Å². The van der Waals surface area contributed by atoms with Crippen molar-refractivity contribution in [3.63, 3.8) is 0 Å². The van der Waals surface area contributed by atoms with Crippen molar-refractivity contribution in [2.45, 2.75) is 65.5 Å². The first-order valence-corrected chi connectivity index (χ1v) is 7.91. The van der Waals surface area contributed by atoms with Crippen molar-refractivity contribution in [2.24, 2.45) is 17.6 Å². The average Bonchev–Trinajstić information content (AvgIpc) is 2.35. The highest BCUT2D eigenvalue weighted by atomic mass is 16.5. The van der Waals surface area contributed by atoms with Gasteiger partial charge < -0.3 is 10.5 Å². The molecular formula is C18H29NO. The highest BCUT2D eigenvalue weighted by molar-refractivity contribution is 5.38. The number of hydrogen-bond acceptors (Lipinski definition) is 2. The van der Waals surface area contributed by atoms with E-state index in [1.54, 1.807) is 0 Å². The second-order valence-corrected chi connectivity index (χ2v) is 6.98. The standard InChI is InChI=1S/C18H29NO/c1-11(2)15-7-6-13(4)17(10-15)20-18-14(5)8-12(3)9-16(18)19/h6-7,10-12,14,16,18H,8-9,19H2,1-5H3. The van der Waals surface area contributed by atoms with Crippen LogP contribution in [0.1, 0.15) is 57.6 Å². The second-order valence-electron chi connectivity index (χ2n) is 6.98. The zero-order valence-electron chi connectivity index (χ0n) is 13.5. The summed E-state index contributed by atoms with van der Waals surface area (Å²) in [4.78, 5) is 0. The van der Waals surface area contributed by atoms with Gasteiger partial charge in [0.25, 0.3) is 0 Å². The maximum absolute atomic E-state index is 6.33. The smallest absolute Gasteiger partial charge is 0.123 e. The number of aryl methyl sites for hydroxylation is 1. The third kappa shape index (κ3) is 3.35. The topological polar surface area (TPSA) is 35.2 Å². The van der Waals surface area contributed by atoms with E-state index < -0.39 is 0 Å². The molecule has 112 valence electrons. The van der Waals surface area contributed by atoms with E-state index in [0.717, 1.165) is 12.2 Å². The summed E-state index contributed by atoms with van der Waals surface area (Å²) in [5, 5.41) is 0. The molecule has 20 heavy (non-hydrogen) atoms. The van der Waals surface area contributed by atoms with Crippen LogP contribution in [0.25, 0.3) is 0 Å². The summed E-state index contributed by atoms with van der Waals surface area (Å²) in [7, 11) is 0. The van der Waals surface area contributed by atoms with E-state index in [0.29, 0.717) is 17.8 Å². The Morgan fingerprint density at radius 2 is 1.90 bits per heavy atom. The van der Waals surface area contributed by atoms with E-state index >= 15 is 0 Å². The van der Waals surface area contributed by atoms with Crippen molar-refractivity contribution in [1.29, 1.82) is 0 Å². The van der Waals surface area contributed by atoms with E-state index in [2.05, 4.69) is 52.8 Å². The first-order valence-electron chi connectivity index (χ1n) is 7.91. The lowest BCUT2D eigenvalue weighted by atomic mass is 9.78. The Morgan fingerprint density at radius 3 is 2.50 bits per heavy atom. The first-order chi connectivity index (χ1) is 9.38. The molecule has 4 atom stereocenters. The molecule has 4 unspecified atom stereocenters. The third-order valence-electron chi connectivity index (χ3n) is 4.57. The normalized spacial score (nSPS) is 30.6. The van der Waals surface area contributed by atoms with Gasteiger partial charge in [0.1, 0.15) is 11.9 Å². The minimum absolute atomic E-state index is 0.146. The van der Waals surface area contributed by atoms with Crippen LogP contribution in [0, 0.1) is 18.8 Å². The molecule has 2 nitrogen and oxygen atoms in total. The molecule has 2 N–H and O–H groups in total. The molecule has 1 aliphatic carbocycles. The summed E-state index contributed by atoms with van der Waals surface area (Å²) >= 11 is 0. The van der Waals surface area contributed by atoms with E-state index in [-0.39, 0.29) is 12.1 Å². The van der Waals surface area contributed by atoms with Gasteiger partial charge in [-0.05, 0) is 54.7 Å². The molecule has 0 aliphatic heterocycles. The third-order valence-corrected chi connectivity index (χ3v) is 4.57. The number of ether oxygens (including phenoxy) is 1. The molecule has 1 saturated carbocycles. The van der Waals surface area contributed by atoms with Gasteiger partial charge in [0.05, 0.1) is 0 Å². The van der Waals surface area contributed by atoms with Crippen molar-refractivity contribution in [3.8, 4) is 5.75 Å². The highest BCUT2D eigenvalue weighted by Gasteiger charge is 2.33. The summed E-state index contributed by atoms with van der Waals surface area (Å²) < 4.78 is 6.32. The quantitative estimate of drug-likeness (QED) is 0.894. The van der Waals surface area contributed by atoms with Gasteiger partial charge in [-0.2, -0.15) is 0 Å². The van der Waals surface area contributed by atoms with Gasteiger partial charge in [0.15, 0.2) is 0 Å². The SMILES string of the molecule is Cc1ccc(C(C)C)cc1OC1C(C)CC(C)CC1N. The number of benzene rings is 1. The summed E-state index contributed by atoms with van der Waals surface area (Å²) in [6, 6.07) is 6.69. The van der Waals surface area contributed by atoms with Crippen molar-refractivity contribution < 1.29 is 4.74 Å². The van der Waals surface area contributed by atoms with Gasteiger partial charge in [-0.15, -0.1) is 0 Å². The molecule has 1 aromatic rings. The Morgan fingerprint density at radius 1 is 1.20 bits per heavy atom. The Labute approximate surface area is 123 Å². The predicted octanol–water partition coefficient (Wildman–Crippen LogP) is 4.26. The van der Waals surface area contributed by atoms with Gasteiger partial charge in [-0.25, -0.2) is 0 Å². The van der Waals surface area contributed by atoms with Crippen molar-refractivity contribution >= 4 is 0 Å². The molecule has 1 aromatic carbocycles. The van der Waals surface area contributed by atoms with Crippen molar-refractivity contribution in [1.82, 2.24) is 0 Å². The average molecular weight is 275 g/mol. The second kappa shape index (κ2) is 6.17. The van der Waals surface area contributed by atoms with Gasteiger partial charge in [0, 0.05) is 6.04 Å². The van der Waals surface area contributed by atoms with Crippen molar-refractivity contribution in [2.75, 3.05) is 0 Å². The van der Waals surface area contributed by atoms with Gasteiger partial charge in [0.2, 0.25) is 0 Å². The Bertz CT molecular complexity index is 443. The monoisotopic (exact) mass is 275 g/mol. The minimum Gasteiger partial charge on any atom is -0.488 e. The fourth-order valence-electron chi connectivity index (χ4n) is 3.34. The lowest BCUT2D eigenvalue weighted by molar-refractivity contribution is 0.0620. The molecule has 1 fully saturated rings. The molecular weight excluding hydrogens is 246 g/mol. The molecule has 0 saturated heterocycles. The van der Waals surface area contributed by atoms with Crippen LogP contribution in [-0.4, -0.2) is 12.1 Å². The maximum Gasteiger partial charge on any atom is 0.123 e. The molecule has 0 bridgehead atoms. The maximum atomic E-state index is 6.33.